The fraction of sp³-hybridized carbons (Fsp3) is 0.417. The van der Waals surface area contributed by atoms with Crippen molar-refractivity contribution in [1.29, 1.82) is 0 Å². The van der Waals surface area contributed by atoms with Crippen LogP contribution in [-0.2, 0) is 4.79 Å². The van der Waals surface area contributed by atoms with Crippen LogP contribution in [0.2, 0.25) is 0 Å². The summed E-state index contributed by atoms with van der Waals surface area (Å²) in [5.41, 5.74) is 0.489. The molecular weight excluding hydrogens is 218 g/mol. The summed E-state index contributed by atoms with van der Waals surface area (Å²) in [7, 11) is 0. The Balaban J connectivity index is 1.74. The molecule has 1 aliphatic rings. The van der Waals surface area contributed by atoms with Crippen LogP contribution in [0, 0.1) is 12.0 Å². The highest BCUT2D eigenvalue weighted by molar-refractivity contribution is 5.93. The summed E-state index contributed by atoms with van der Waals surface area (Å²) in [6.07, 6.45) is 3.03. The van der Waals surface area contributed by atoms with Gasteiger partial charge in [-0.3, -0.25) is 14.6 Å². The smallest absolute Gasteiger partial charge is 0.252 e. The van der Waals surface area contributed by atoms with Crippen LogP contribution in [0.15, 0.2) is 18.5 Å². The molecule has 2 heterocycles. The van der Waals surface area contributed by atoms with Gasteiger partial charge < -0.3 is 10.2 Å². The Morgan fingerprint density at radius 2 is 2.35 bits per heavy atom. The standard InChI is InChI=1S/C12H14N3O2/c1-9(16)15-7-10(8-15)6-14-12(17)11-2-4-13-5-3-11/h2,4-5,10H,6-8H2,1H3,(H,14,17). The van der Waals surface area contributed by atoms with E-state index in [4.69, 9.17) is 0 Å². The van der Waals surface area contributed by atoms with E-state index in [1.807, 2.05) is 0 Å². The average Bonchev–Trinajstić information content (AvgIpc) is 2.27. The van der Waals surface area contributed by atoms with Crippen molar-refractivity contribution >= 4 is 11.8 Å². The molecule has 5 nitrogen and oxygen atoms in total. The topological polar surface area (TPSA) is 62.3 Å². The first-order valence-electron chi connectivity index (χ1n) is 5.52. The summed E-state index contributed by atoms with van der Waals surface area (Å²) < 4.78 is 0. The lowest BCUT2D eigenvalue weighted by Gasteiger charge is -2.38. The molecule has 0 spiro atoms. The van der Waals surface area contributed by atoms with E-state index in [0.717, 1.165) is 13.1 Å². The van der Waals surface area contributed by atoms with Gasteiger partial charge in [0.05, 0.1) is 5.56 Å². The fourth-order valence-electron chi connectivity index (χ4n) is 1.75. The van der Waals surface area contributed by atoms with Gasteiger partial charge in [-0.25, -0.2) is 0 Å². The van der Waals surface area contributed by atoms with Gasteiger partial charge in [0.15, 0.2) is 0 Å². The Bertz CT molecular complexity index is 413. The Hall–Kier alpha value is -1.91. The number of pyridine rings is 1. The number of hydrogen-bond donors (Lipinski definition) is 1. The number of likely N-dealkylation sites (tertiary alicyclic amines) is 1. The fourth-order valence-corrected chi connectivity index (χ4v) is 1.75. The minimum atomic E-state index is -0.145. The molecule has 0 bridgehead atoms. The number of rotatable bonds is 3. The van der Waals surface area contributed by atoms with E-state index in [9.17, 15) is 9.59 Å². The second-order valence-electron chi connectivity index (χ2n) is 4.15. The van der Waals surface area contributed by atoms with Gasteiger partial charge in [-0.15, -0.1) is 0 Å². The van der Waals surface area contributed by atoms with Crippen LogP contribution in [0.5, 0.6) is 0 Å². The van der Waals surface area contributed by atoms with Crippen molar-refractivity contribution in [2.45, 2.75) is 6.92 Å². The van der Waals surface area contributed by atoms with Gasteiger partial charge in [0, 0.05) is 50.9 Å². The third-order valence-corrected chi connectivity index (χ3v) is 2.82. The first-order valence-corrected chi connectivity index (χ1v) is 5.52. The molecule has 89 valence electrons. The highest BCUT2D eigenvalue weighted by Gasteiger charge is 2.28. The monoisotopic (exact) mass is 232 g/mol. The van der Waals surface area contributed by atoms with Crippen LogP contribution in [0.3, 0.4) is 0 Å². The van der Waals surface area contributed by atoms with Crippen LogP contribution in [0.4, 0.5) is 0 Å². The predicted octanol–water partition coefficient (Wildman–Crippen LogP) is 0.0899. The Morgan fingerprint density at radius 1 is 1.59 bits per heavy atom. The van der Waals surface area contributed by atoms with E-state index in [1.165, 1.54) is 6.20 Å². The molecule has 5 heteroatoms. The van der Waals surface area contributed by atoms with Crippen LogP contribution in [0.25, 0.3) is 0 Å². The van der Waals surface area contributed by atoms with E-state index in [1.54, 1.807) is 24.1 Å². The quantitative estimate of drug-likeness (QED) is 0.803. The maximum absolute atomic E-state index is 11.7. The molecular formula is C12H14N3O2. The van der Waals surface area contributed by atoms with Crippen molar-refractivity contribution in [3.63, 3.8) is 0 Å². The summed E-state index contributed by atoms with van der Waals surface area (Å²) in [6, 6.07) is 4.39. The maximum atomic E-state index is 11.7. The van der Waals surface area contributed by atoms with Crippen molar-refractivity contribution in [1.82, 2.24) is 15.2 Å². The molecule has 0 aliphatic carbocycles. The first-order chi connectivity index (χ1) is 8.16. The molecule has 1 aromatic rings. The molecule has 1 fully saturated rings. The third kappa shape index (κ3) is 2.81. The molecule has 1 radical (unpaired) electrons. The maximum Gasteiger partial charge on any atom is 0.252 e. The zero-order valence-corrected chi connectivity index (χ0v) is 9.64. The summed E-state index contributed by atoms with van der Waals surface area (Å²) in [5, 5.41) is 2.82. The highest BCUT2D eigenvalue weighted by Crippen LogP contribution is 2.14. The minimum Gasteiger partial charge on any atom is -0.352 e. The zero-order chi connectivity index (χ0) is 12.3. The number of carbonyl (C=O) groups excluding carboxylic acids is 2. The van der Waals surface area contributed by atoms with Crippen LogP contribution >= 0.6 is 0 Å². The van der Waals surface area contributed by atoms with E-state index >= 15 is 0 Å². The lowest BCUT2D eigenvalue weighted by atomic mass is 10.00. The number of amides is 2. The molecule has 1 N–H and O–H groups in total. The largest absolute Gasteiger partial charge is 0.352 e. The number of aromatic nitrogens is 1. The summed E-state index contributed by atoms with van der Waals surface area (Å²) >= 11 is 0. The second-order valence-corrected chi connectivity index (χ2v) is 4.15. The average molecular weight is 232 g/mol. The van der Waals surface area contributed by atoms with E-state index < -0.39 is 0 Å². The van der Waals surface area contributed by atoms with Gasteiger partial charge in [0.2, 0.25) is 5.91 Å². The zero-order valence-electron chi connectivity index (χ0n) is 9.64. The summed E-state index contributed by atoms with van der Waals surface area (Å²) in [5.74, 6) is 0.313. The SMILES string of the molecule is CC(=O)N1CC(CNC(=O)c2[c]cncc2)C1. The Morgan fingerprint density at radius 3 is 2.94 bits per heavy atom. The Labute approximate surface area is 99.8 Å². The number of nitrogens with one attached hydrogen (secondary N) is 1. The lowest BCUT2D eigenvalue weighted by Crippen LogP contribution is -2.53. The number of carbonyl (C=O) groups is 2. The molecule has 17 heavy (non-hydrogen) atoms. The van der Waals surface area contributed by atoms with Crippen molar-refractivity contribution in [2.24, 2.45) is 5.92 Å². The molecule has 0 unspecified atom stereocenters. The molecule has 0 aromatic carbocycles. The van der Waals surface area contributed by atoms with Gasteiger partial charge in [-0.05, 0) is 6.07 Å². The first kappa shape index (κ1) is 11.6. The minimum absolute atomic E-state index is 0.0926. The summed E-state index contributed by atoms with van der Waals surface area (Å²) in [4.78, 5) is 28.2. The van der Waals surface area contributed by atoms with Gasteiger partial charge in [0.1, 0.15) is 0 Å². The molecule has 1 aromatic heterocycles. The van der Waals surface area contributed by atoms with Gasteiger partial charge in [-0.2, -0.15) is 0 Å². The van der Waals surface area contributed by atoms with Crippen molar-refractivity contribution < 1.29 is 9.59 Å². The molecule has 2 amide bonds. The van der Waals surface area contributed by atoms with Crippen molar-refractivity contribution in [3.05, 3.63) is 30.1 Å². The number of hydrogen-bond acceptors (Lipinski definition) is 3. The molecule has 0 saturated carbocycles. The van der Waals surface area contributed by atoms with E-state index in [2.05, 4.69) is 16.4 Å². The normalized spacial score (nSPS) is 15.2. The molecule has 1 aliphatic heterocycles. The van der Waals surface area contributed by atoms with E-state index in [0.29, 0.717) is 18.0 Å². The summed E-state index contributed by atoms with van der Waals surface area (Å²) in [6.45, 7) is 3.62. The number of nitrogens with zero attached hydrogens (tertiary/aromatic N) is 2. The predicted molar refractivity (Wildman–Crippen MR) is 61.2 cm³/mol. The van der Waals surface area contributed by atoms with Crippen LogP contribution in [-0.4, -0.2) is 41.3 Å². The van der Waals surface area contributed by atoms with Gasteiger partial charge >= 0.3 is 0 Å². The van der Waals surface area contributed by atoms with Crippen molar-refractivity contribution in [2.75, 3.05) is 19.6 Å². The van der Waals surface area contributed by atoms with Gasteiger partial charge in [0.25, 0.3) is 5.91 Å². The molecule has 0 atom stereocenters. The van der Waals surface area contributed by atoms with E-state index in [-0.39, 0.29) is 11.8 Å². The van der Waals surface area contributed by atoms with Crippen molar-refractivity contribution in [3.8, 4) is 0 Å². The van der Waals surface area contributed by atoms with Crippen LogP contribution < -0.4 is 5.32 Å². The van der Waals surface area contributed by atoms with Crippen LogP contribution in [0.1, 0.15) is 17.3 Å². The molecule has 2 rings (SSSR count). The lowest BCUT2D eigenvalue weighted by molar-refractivity contribution is -0.134. The highest BCUT2D eigenvalue weighted by atomic mass is 16.2. The second kappa shape index (κ2) is 4.95. The Kier molecular flexibility index (Phi) is 3.37. The van der Waals surface area contributed by atoms with Gasteiger partial charge in [-0.1, -0.05) is 0 Å². The third-order valence-electron chi connectivity index (χ3n) is 2.82. The molecule has 1 saturated heterocycles.